The minimum atomic E-state index is 0.167. The van der Waals surface area contributed by atoms with Crippen LogP contribution in [0.5, 0.6) is 0 Å². The van der Waals surface area contributed by atoms with Crippen molar-refractivity contribution in [1.82, 2.24) is 19.9 Å². The lowest BCUT2D eigenvalue weighted by atomic mass is 10.2. The van der Waals surface area contributed by atoms with Crippen LogP contribution in [0.4, 0.5) is 5.82 Å². The van der Waals surface area contributed by atoms with E-state index in [4.69, 9.17) is 0 Å². The zero-order valence-electron chi connectivity index (χ0n) is 15.4. The van der Waals surface area contributed by atoms with Gasteiger partial charge in [0.1, 0.15) is 17.8 Å². The van der Waals surface area contributed by atoms with Crippen LogP contribution in [0.3, 0.4) is 0 Å². The largest absolute Gasteiger partial charge is 0.349 e. The highest BCUT2D eigenvalue weighted by molar-refractivity contribution is 7.20. The van der Waals surface area contributed by atoms with Gasteiger partial charge in [-0.2, -0.15) is 0 Å². The summed E-state index contributed by atoms with van der Waals surface area (Å²) in [6, 6.07) is 11.0. The summed E-state index contributed by atoms with van der Waals surface area (Å²) in [6.07, 6.45) is 4.52. The Bertz CT molecular complexity index is 1230. The molecule has 6 rings (SSSR count). The summed E-state index contributed by atoms with van der Waals surface area (Å²) < 4.78 is 1.18. The number of H-pyrrole nitrogens is 1. The fourth-order valence-electron chi connectivity index (χ4n) is 4.67. The number of thiophene rings is 1. The fourth-order valence-corrected chi connectivity index (χ4v) is 5.67. The molecule has 28 heavy (non-hydrogen) atoms. The van der Waals surface area contributed by atoms with Gasteiger partial charge in [-0.1, -0.05) is 17.7 Å². The quantitative estimate of drug-likeness (QED) is 0.569. The lowest BCUT2D eigenvalue weighted by Gasteiger charge is -2.34. The molecule has 2 unspecified atom stereocenters. The third kappa shape index (κ3) is 2.29. The fraction of sp³-hybridized carbons (Fsp3) is 0.286. The first-order chi connectivity index (χ1) is 13.7. The highest BCUT2D eigenvalue weighted by atomic mass is 32.1. The van der Waals surface area contributed by atoms with E-state index in [1.807, 2.05) is 18.3 Å². The van der Waals surface area contributed by atoms with Gasteiger partial charge in [-0.05, 0) is 36.9 Å². The molecule has 7 heteroatoms. The minimum Gasteiger partial charge on any atom is -0.349 e. The summed E-state index contributed by atoms with van der Waals surface area (Å²) in [5.41, 5.74) is 2.09. The average molecular weight is 389 g/mol. The lowest BCUT2D eigenvalue weighted by molar-refractivity contribution is 0.0730. The van der Waals surface area contributed by atoms with E-state index in [2.05, 4.69) is 49.9 Å². The molecule has 2 aliphatic rings. The van der Waals surface area contributed by atoms with E-state index in [0.717, 1.165) is 46.6 Å². The van der Waals surface area contributed by atoms with Gasteiger partial charge in [-0.15, -0.1) is 11.3 Å². The first-order valence-corrected chi connectivity index (χ1v) is 10.3. The summed E-state index contributed by atoms with van der Waals surface area (Å²) in [5, 5.41) is 2.21. The molecule has 1 N–H and O–H groups in total. The molecule has 5 heterocycles. The maximum atomic E-state index is 13.2. The number of nitrogens with zero attached hydrogens (tertiary/aromatic N) is 4. The van der Waals surface area contributed by atoms with Crippen LogP contribution in [0.2, 0.25) is 0 Å². The Morgan fingerprint density at radius 2 is 2.11 bits per heavy atom. The van der Waals surface area contributed by atoms with E-state index in [1.165, 1.54) is 10.3 Å². The van der Waals surface area contributed by atoms with Crippen molar-refractivity contribution in [3.8, 4) is 0 Å². The Balaban J connectivity index is 1.27. The van der Waals surface area contributed by atoms with Crippen molar-refractivity contribution in [3.05, 3.63) is 53.3 Å². The van der Waals surface area contributed by atoms with Crippen molar-refractivity contribution in [2.45, 2.75) is 25.4 Å². The molecule has 2 bridgehead atoms. The van der Waals surface area contributed by atoms with Crippen LogP contribution >= 0.6 is 11.3 Å². The van der Waals surface area contributed by atoms with E-state index >= 15 is 0 Å². The average Bonchev–Trinajstić information content (AvgIpc) is 3.47. The second-order valence-corrected chi connectivity index (χ2v) is 8.83. The van der Waals surface area contributed by atoms with Gasteiger partial charge in [0.25, 0.3) is 5.91 Å². The number of amides is 1. The Hall–Kier alpha value is -2.93. The van der Waals surface area contributed by atoms with Crippen molar-refractivity contribution in [2.75, 3.05) is 18.0 Å². The third-order valence-corrected chi connectivity index (χ3v) is 7.09. The molecule has 3 aromatic heterocycles. The maximum Gasteiger partial charge on any atom is 0.264 e. The number of fused-ring (bicyclic) bond motifs is 4. The standard InChI is InChI=1S/C21H19N5OS/c1-12-2-3-17-13(6-12)7-18(28-17)21(27)26-10-14-8-15(26)9-25(14)20-16-4-5-22-19(16)23-11-24-20/h2-7,11,14-15H,8-10H2,1H3,(H,22,23,24). The molecule has 1 amide bonds. The molecule has 2 aliphatic heterocycles. The molecular weight excluding hydrogens is 370 g/mol. The van der Waals surface area contributed by atoms with Crippen LogP contribution in [0.1, 0.15) is 21.7 Å². The Labute approximate surface area is 165 Å². The number of rotatable bonds is 2. The molecule has 0 aliphatic carbocycles. The summed E-state index contributed by atoms with van der Waals surface area (Å²) >= 11 is 1.60. The second kappa shape index (κ2) is 5.78. The van der Waals surface area contributed by atoms with Gasteiger partial charge in [-0.25, -0.2) is 9.97 Å². The molecule has 0 spiro atoms. The maximum absolute atomic E-state index is 13.2. The highest BCUT2D eigenvalue weighted by Crippen LogP contribution is 2.38. The van der Waals surface area contributed by atoms with Gasteiger partial charge in [0.2, 0.25) is 0 Å². The van der Waals surface area contributed by atoms with Gasteiger partial charge >= 0.3 is 0 Å². The van der Waals surface area contributed by atoms with Crippen molar-refractivity contribution in [1.29, 1.82) is 0 Å². The first kappa shape index (κ1) is 16.1. The lowest BCUT2D eigenvalue weighted by Crippen LogP contribution is -2.49. The second-order valence-electron chi connectivity index (χ2n) is 7.74. The number of benzene rings is 1. The number of carbonyl (C=O) groups is 1. The van der Waals surface area contributed by atoms with Crippen LogP contribution in [-0.2, 0) is 0 Å². The molecule has 0 radical (unpaired) electrons. The first-order valence-electron chi connectivity index (χ1n) is 9.53. The molecule has 2 fully saturated rings. The monoisotopic (exact) mass is 389 g/mol. The zero-order valence-corrected chi connectivity index (χ0v) is 16.2. The normalized spacial score (nSPS) is 21.3. The molecule has 1 aromatic carbocycles. The number of aryl methyl sites for hydroxylation is 1. The molecule has 2 atom stereocenters. The van der Waals surface area contributed by atoms with Crippen molar-refractivity contribution in [3.63, 3.8) is 0 Å². The van der Waals surface area contributed by atoms with E-state index in [0.29, 0.717) is 6.04 Å². The molecule has 2 saturated heterocycles. The minimum absolute atomic E-state index is 0.167. The Morgan fingerprint density at radius 3 is 2.96 bits per heavy atom. The number of aromatic amines is 1. The predicted molar refractivity (Wildman–Crippen MR) is 111 cm³/mol. The topological polar surface area (TPSA) is 65.1 Å². The number of hydrogen-bond acceptors (Lipinski definition) is 5. The molecular formula is C21H19N5OS. The molecule has 4 aromatic rings. The molecule has 140 valence electrons. The highest BCUT2D eigenvalue weighted by Gasteiger charge is 2.46. The summed E-state index contributed by atoms with van der Waals surface area (Å²) in [7, 11) is 0. The number of likely N-dealkylation sites (tertiary alicyclic amines) is 1. The summed E-state index contributed by atoms with van der Waals surface area (Å²) in [4.78, 5) is 30.4. The van der Waals surface area contributed by atoms with Gasteiger partial charge in [0, 0.05) is 24.0 Å². The van der Waals surface area contributed by atoms with Gasteiger partial charge < -0.3 is 14.8 Å². The van der Waals surface area contributed by atoms with Crippen LogP contribution in [0.15, 0.2) is 42.9 Å². The third-order valence-electron chi connectivity index (χ3n) is 5.99. The number of carbonyl (C=O) groups excluding carboxylic acids is 1. The summed E-state index contributed by atoms with van der Waals surface area (Å²) in [5.74, 6) is 1.14. The van der Waals surface area contributed by atoms with Crippen molar-refractivity contribution in [2.24, 2.45) is 0 Å². The van der Waals surface area contributed by atoms with Crippen molar-refractivity contribution < 1.29 is 4.79 Å². The molecule has 6 nitrogen and oxygen atoms in total. The Morgan fingerprint density at radius 1 is 1.18 bits per heavy atom. The van der Waals surface area contributed by atoms with E-state index in [-0.39, 0.29) is 11.9 Å². The van der Waals surface area contributed by atoms with Gasteiger partial charge in [0.15, 0.2) is 0 Å². The number of nitrogens with one attached hydrogen (secondary N) is 1. The van der Waals surface area contributed by atoms with Crippen LogP contribution < -0.4 is 4.90 Å². The van der Waals surface area contributed by atoms with E-state index in [9.17, 15) is 4.79 Å². The van der Waals surface area contributed by atoms with Gasteiger partial charge in [-0.3, -0.25) is 4.79 Å². The number of hydrogen-bond donors (Lipinski definition) is 1. The number of piperazine rings is 1. The SMILES string of the molecule is Cc1ccc2sc(C(=O)N3CC4CC3CN4c3ncnc4[nH]ccc34)cc2c1. The van der Waals surface area contributed by atoms with Gasteiger partial charge in [0.05, 0.1) is 22.3 Å². The number of aromatic nitrogens is 3. The Kier molecular flexibility index (Phi) is 3.32. The zero-order chi connectivity index (χ0) is 18.8. The van der Waals surface area contributed by atoms with Crippen LogP contribution in [0, 0.1) is 6.92 Å². The number of anilines is 1. The molecule has 0 saturated carbocycles. The van der Waals surface area contributed by atoms with Crippen LogP contribution in [-0.4, -0.2) is 50.9 Å². The van der Waals surface area contributed by atoms with Crippen LogP contribution in [0.25, 0.3) is 21.1 Å². The van der Waals surface area contributed by atoms with Crippen molar-refractivity contribution >= 4 is 44.2 Å². The smallest absolute Gasteiger partial charge is 0.264 e. The van der Waals surface area contributed by atoms with E-state index in [1.54, 1.807) is 17.7 Å². The van der Waals surface area contributed by atoms with E-state index < -0.39 is 0 Å². The summed E-state index contributed by atoms with van der Waals surface area (Å²) in [6.45, 7) is 3.67. The predicted octanol–water partition coefficient (Wildman–Crippen LogP) is 3.58.